The molecule has 2 heterocycles. The summed E-state index contributed by atoms with van der Waals surface area (Å²) in [5.41, 5.74) is 0.530. The van der Waals surface area contributed by atoms with Crippen LogP contribution in [0, 0.1) is 5.92 Å². The molecule has 1 atom stereocenters. The zero-order valence-corrected chi connectivity index (χ0v) is 12.7. The summed E-state index contributed by atoms with van der Waals surface area (Å²) in [6, 6.07) is 2.83. The number of pyridine rings is 1. The number of piperidine rings is 1. The van der Waals surface area contributed by atoms with Crippen LogP contribution >= 0.6 is 0 Å². The number of rotatable bonds is 4. The molecule has 5 nitrogen and oxygen atoms in total. The number of aromatic nitrogens is 1. The first kappa shape index (κ1) is 15.5. The second-order valence-corrected chi connectivity index (χ2v) is 5.82. The highest BCUT2D eigenvalue weighted by atomic mass is 16.2. The highest BCUT2D eigenvalue weighted by Crippen LogP contribution is 2.14. The topological polar surface area (TPSA) is 62.3 Å². The molecule has 0 unspecified atom stereocenters. The molecule has 1 fully saturated rings. The highest BCUT2D eigenvalue weighted by molar-refractivity contribution is 5.97. The largest absolute Gasteiger partial charge is 0.341 e. The average Bonchev–Trinajstić information content (AvgIpc) is 2.53. The molecule has 0 aliphatic carbocycles. The van der Waals surface area contributed by atoms with E-state index >= 15 is 0 Å². The lowest BCUT2D eigenvalue weighted by Crippen LogP contribution is -2.52. The maximum absolute atomic E-state index is 12.6. The van der Waals surface area contributed by atoms with E-state index in [-0.39, 0.29) is 17.7 Å². The third kappa shape index (κ3) is 4.03. The van der Waals surface area contributed by atoms with Crippen molar-refractivity contribution in [3.63, 3.8) is 0 Å². The van der Waals surface area contributed by atoms with E-state index in [2.05, 4.69) is 10.3 Å². The van der Waals surface area contributed by atoms with Gasteiger partial charge >= 0.3 is 0 Å². The zero-order valence-electron chi connectivity index (χ0n) is 12.7. The minimum Gasteiger partial charge on any atom is -0.341 e. The molecule has 1 N–H and O–H groups in total. The second-order valence-electron chi connectivity index (χ2n) is 5.82. The van der Waals surface area contributed by atoms with Gasteiger partial charge in [-0.1, -0.05) is 13.8 Å². The molecule has 2 rings (SSSR count). The summed E-state index contributed by atoms with van der Waals surface area (Å²) in [4.78, 5) is 30.6. The summed E-state index contributed by atoms with van der Waals surface area (Å²) >= 11 is 0. The maximum Gasteiger partial charge on any atom is 0.252 e. The molecule has 1 aromatic heterocycles. The SMILES string of the molecule is CC(C)[C@H](NC(=O)c1ccncc1)C(=O)N1CCCCC1. The van der Waals surface area contributed by atoms with Gasteiger partial charge in [-0.25, -0.2) is 0 Å². The van der Waals surface area contributed by atoms with E-state index in [0.717, 1.165) is 25.9 Å². The van der Waals surface area contributed by atoms with Crippen LogP contribution in [0.25, 0.3) is 0 Å². The number of hydrogen-bond donors (Lipinski definition) is 1. The predicted molar refractivity (Wildman–Crippen MR) is 80.8 cm³/mol. The summed E-state index contributed by atoms with van der Waals surface area (Å²) in [6.45, 7) is 5.51. The summed E-state index contributed by atoms with van der Waals surface area (Å²) in [5.74, 6) is -0.126. The van der Waals surface area contributed by atoms with Crippen molar-refractivity contribution in [2.45, 2.75) is 39.2 Å². The molecule has 5 heteroatoms. The van der Waals surface area contributed by atoms with Crippen molar-refractivity contribution >= 4 is 11.8 Å². The van der Waals surface area contributed by atoms with Crippen molar-refractivity contribution in [3.05, 3.63) is 30.1 Å². The Hall–Kier alpha value is -1.91. The minimum absolute atomic E-state index is 0.0344. The number of carbonyl (C=O) groups excluding carboxylic acids is 2. The Bertz CT molecular complexity index is 482. The van der Waals surface area contributed by atoms with Gasteiger partial charge in [0, 0.05) is 31.0 Å². The quantitative estimate of drug-likeness (QED) is 0.920. The molecule has 1 aliphatic rings. The monoisotopic (exact) mass is 289 g/mol. The second kappa shape index (κ2) is 7.20. The highest BCUT2D eigenvalue weighted by Gasteiger charge is 2.29. The van der Waals surface area contributed by atoms with Crippen molar-refractivity contribution in [1.82, 2.24) is 15.2 Å². The molecule has 0 aromatic carbocycles. The van der Waals surface area contributed by atoms with Gasteiger partial charge in [0.25, 0.3) is 5.91 Å². The number of likely N-dealkylation sites (tertiary alicyclic amines) is 1. The van der Waals surface area contributed by atoms with Gasteiger partial charge in [-0.2, -0.15) is 0 Å². The van der Waals surface area contributed by atoms with Gasteiger partial charge in [-0.05, 0) is 37.3 Å². The Balaban J connectivity index is 2.05. The van der Waals surface area contributed by atoms with Crippen LogP contribution in [0.2, 0.25) is 0 Å². The molecular weight excluding hydrogens is 266 g/mol. The molecule has 21 heavy (non-hydrogen) atoms. The lowest BCUT2D eigenvalue weighted by atomic mass is 10.0. The molecular formula is C16H23N3O2. The van der Waals surface area contributed by atoms with Crippen LogP contribution in [0.4, 0.5) is 0 Å². The third-order valence-corrected chi connectivity index (χ3v) is 3.83. The van der Waals surface area contributed by atoms with Crippen LogP contribution in [-0.2, 0) is 4.79 Å². The fourth-order valence-electron chi connectivity index (χ4n) is 2.55. The van der Waals surface area contributed by atoms with E-state index < -0.39 is 6.04 Å². The van der Waals surface area contributed by atoms with Gasteiger partial charge < -0.3 is 10.2 Å². The first-order chi connectivity index (χ1) is 10.1. The molecule has 2 amide bonds. The Morgan fingerprint density at radius 2 is 1.76 bits per heavy atom. The first-order valence-corrected chi connectivity index (χ1v) is 7.59. The molecule has 1 aromatic rings. The Morgan fingerprint density at radius 1 is 1.14 bits per heavy atom. The first-order valence-electron chi connectivity index (χ1n) is 7.59. The Morgan fingerprint density at radius 3 is 2.33 bits per heavy atom. The molecule has 0 bridgehead atoms. The van der Waals surface area contributed by atoms with Crippen molar-refractivity contribution in [2.75, 3.05) is 13.1 Å². The van der Waals surface area contributed by atoms with Gasteiger partial charge in [0.1, 0.15) is 6.04 Å². The van der Waals surface area contributed by atoms with E-state index in [1.54, 1.807) is 24.5 Å². The Kier molecular flexibility index (Phi) is 5.31. The van der Waals surface area contributed by atoms with Crippen LogP contribution in [0.5, 0.6) is 0 Å². The molecule has 0 saturated carbocycles. The van der Waals surface area contributed by atoms with Crippen molar-refractivity contribution in [1.29, 1.82) is 0 Å². The standard InChI is InChI=1S/C16H23N3O2/c1-12(2)14(16(21)19-10-4-3-5-11-19)18-15(20)13-6-8-17-9-7-13/h6-9,12,14H,3-5,10-11H2,1-2H3,(H,18,20)/t14-/m0/s1. The number of nitrogens with zero attached hydrogens (tertiary/aromatic N) is 2. The smallest absolute Gasteiger partial charge is 0.252 e. The van der Waals surface area contributed by atoms with Crippen LogP contribution in [0.3, 0.4) is 0 Å². The lowest BCUT2D eigenvalue weighted by molar-refractivity contribution is -0.135. The number of amides is 2. The van der Waals surface area contributed by atoms with E-state index in [9.17, 15) is 9.59 Å². The lowest BCUT2D eigenvalue weighted by Gasteiger charge is -2.32. The number of nitrogens with one attached hydrogen (secondary N) is 1. The van der Waals surface area contributed by atoms with Crippen molar-refractivity contribution < 1.29 is 9.59 Å². The summed E-state index contributed by atoms with van der Waals surface area (Å²) in [7, 11) is 0. The average molecular weight is 289 g/mol. The van der Waals surface area contributed by atoms with Gasteiger partial charge in [0.15, 0.2) is 0 Å². The summed E-state index contributed by atoms with van der Waals surface area (Å²) < 4.78 is 0. The van der Waals surface area contributed by atoms with Crippen LogP contribution < -0.4 is 5.32 Å². The number of hydrogen-bond acceptors (Lipinski definition) is 3. The van der Waals surface area contributed by atoms with Gasteiger partial charge in [-0.15, -0.1) is 0 Å². The fraction of sp³-hybridized carbons (Fsp3) is 0.562. The van der Waals surface area contributed by atoms with Crippen molar-refractivity contribution in [2.24, 2.45) is 5.92 Å². The molecule has 0 spiro atoms. The van der Waals surface area contributed by atoms with Crippen LogP contribution in [-0.4, -0.2) is 40.8 Å². The zero-order chi connectivity index (χ0) is 15.2. The van der Waals surface area contributed by atoms with Gasteiger partial charge in [0.2, 0.25) is 5.91 Å². The fourth-order valence-corrected chi connectivity index (χ4v) is 2.55. The minimum atomic E-state index is -0.469. The summed E-state index contributed by atoms with van der Waals surface area (Å²) in [5, 5.41) is 2.87. The van der Waals surface area contributed by atoms with Gasteiger partial charge in [0.05, 0.1) is 0 Å². The molecule has 1 saturated heterocycles. The van der Waals surface area contributed by atoms with E-state index in [0.29, 0.717) is 5.56 Å². The van der Waals surface area contributed by atoms with Crippen LogP contribution in [0.1, 0.15) is 43.5 Å². The number of carbonyl (C=O) groups is 2. The van der Waals surface area contributed by atoms with E-state index in [4.69, 9.17) is 0 Å². The summed E-state index contributed by atoms with van der Waals surface area (Å²) in [6.07, 6.45) is 6.43. The molecule has 114 valence electrons. The maximum atomic E-state index is 12.6. The molecule has 0 radical (unpaired) electrons. The van der Waals surface area contributed by atoms with Crippen molar-refractivity contribution in [3.8, 4) is 0 Å². The Labute approximate surface area is 125 Å². The third-order valence-electron chi connectivity index (χ3n) is 3.83. The van der Waals surface area contributed by atoms with E-state index in [1.807, 2.05) is 18.7 Å². The van der Waals surface area contributed by atoms with E-state index in [1.165, 1.54) is 6.42 Å². The normalized spacial score (nSPS) is 16.6. The predicted octanol–water partition coefficient (Wildman–Crippen LogP) is 1.85. The van der Waals surface area contributed by atoms with Gasteiger partial charge in [-0.3, -0.25) is 14.6 Å². The van der Waals surface area contributed by atoms with Crippen LogP contribution in [0.15, 0.2) is 24.5 Å². The molecule has 1 aliphatic heterocycles.